The van der Waals surface area contributed by atoms with Crippen molar-refractivity contribution >= 4 is 24.8 Å². The molecule has 1 aromatic rings. The smallest absolute Gasteiger partial charge is 0.242 e. The monoisotopic (exact) mass is 353 g/mol. The molecule has 0 saturated carbocycles. The highest BCUT2D eigenvalue weighted by atomic mass is 28.4. The van der Waals surface area contributed by atoms with Crippen molar-refractivity contribution in [2.75, 3.05) is 6.54 Å². The summed E-state index contributed by atoms with van der Waals surface area (Å²) in [6, 6.07) is 8.76. The van der Waals surface area contributed by atoms with E-state index in [1.165, 1.54) is 12.1 Å². The zero-order chi connectivity index (χ0) is 17.2. The van der Waals surface area contributed by atoms with Crippen LogP contribution in [-0.4, -0.2) is 35.6 Å². The van der Waals surface area contributed by atoms with E-state index in [0.717, 1.165) is 12.2 Å². The summed E-state index contributed by atoms with van der Waals surface area (Å²) in [5.41, 5.74) is 1.42. The van der Waals surface area contributed by atoms with Crippen molar-refractivity contribution in [1.82, 2.24) is 4.23 Å². The Bertz CT molecular complexity index is 453. The molecule has 2 nitrogen and oxygen atoms in total. The molecule has 0 bridgehead atoms. The summed E-state index contributed by atoms with van der Waals surface area (Å²) in [6.45, 7) is 22.7. The first-order valence-corrected chi connectivity index (χ1v) is 18.6. The Morgan fingerprint density at radius 1 is 0.773 bits per heavy atom. The highest BCUT2D eigenvalue weighted by Crippen LogP contribution is 2.21. The maximum absolute atomic E-state index is 6.03. The van der Waals surface area contributed by atoms with Crippen LogP contribution in [0.5, 0.6) is 5.75 Å². The second-order valence-electron chi connectivity index (χ2n) is 9.10. The topological polar surface area (TPSA) is 12.5 Å². The lowest BCUT2D eigenvalue weighted by Crippen LogP contribution is -2.59. The fourth-order valence-corrected chi connectivity index (χ4v) is 13.5. The van der Waals surface area contributed by atoms with Crippen molar-refractivity contribution in [3.05, 3.63) is 29.8 Å². The Morgan fingerprint density at radius 3 is 1.59 bits per heavy atom. The first-order valence-electron chi connectivity index (χ1n) is 8.35. The van der Waals surface area contributed by atoms with E-state index in [9.17, 15) is 0 Å². The Balaban J connectivity index is 2.71. The van der Waals surface area contributed by atoms with Gasteiger partial charge in [-0.25, -0.2) is 0 Å². The third kappa shape index (κ3) is 6.81. The zero-order valence-electron chi connectivity index (χ0n) is 16.1. The van der Waals surface area contributed by atoms with Crippen LogP contribution in [0, 0.1) is 0 Å². The minimum Gasteiger partial charge on any atom is -0.544 e. The molecule has 0 radical (unpaired) electrons. The van der Waals surface area contributed by atoms with E-state index in [0.29, 0.717) is 0 Å². The van der Waals surface area contributed by atoms with Gasteiger partial charge in [0.15, 0.2) is 0 Å². The van der Waals surface area contributed by atoms with Crippen LogP contribution in [-0.2, 0) is 6.42 Å². The molecule has 0 unspecified atom stereocenters. The molecule has 0 fully saturated rings. The quantitative estimate of drug-likeness (QED) is 0.607. The summed E-state index contributed by atoms with van der Waals surface area (Å²) in [7, 11) is -3.98. The fraction of sp³-hybridized carbons (Fsp3) is 0.647. The van der Waals surface area contributed by atoms with E-state index < -0.39 is 24.8 Å². The van der Waals surface area contributed by atoms with Gasteiger partial charge in [0.2, 0.25) is 8.32 Å². The molecule has 126 valence electrons. The van der Waals surface area contributed by atoms with E-state index >= 15 is 0 Å². The van der Waals surface area contributed by atoms with E-state index in [4.69, 9.17) is 4.43 Å². The van der Waals surface area contributed by atoms with Crippen LogP contribution in [0.25, 0.3) is 0 Å². The first kappa shape index (κ1) is 19.7. The lowest BCUT2D eigenvalue weighted by molar-refractivity contribution is 0.556. The van der Waals surface area contributed by atoms with Crippen LogP contribution < -0.4 is 4.43 Å². The molecular formula is C17H35NOSi3. The maximum Gasteiger partial charge on any atom is 0.242 e. The van der Waals surface area contributed by atoms with Crippen molar-refractivity contribution < 1.29 is 4.43 Å². The van der Waals surface area contributed by atoms with Crippen molar-refractivity contribution in [3.8, 4) is 5.75 Å². The first-order chi connectivity index (χ1) is 9.79. The Labute approximate surface area is 141 Å². The molecule has 0 atom stereocenters. The van der Waals surface area contributed by atoms with E-state index in [-0.39, 0.29) is 0 Å². The molecule has 0 aliphatic heterocycles. The highest BCUT2D eigenvalue weighted by molar-refractivity contribution is 6.89. The molecule has 22 heavy (non-hydrogen) atoms. The lowest BCUT2D eigenvalue weighted by atomic mass is 10.1. The average Bonchev–Trinajstić information content (AvgIpc) is 2.26. The van der Waals surface area contributed by atoms with Gasteiger partial charge in [-0.1, -0.05) is 51.4 Å². The molecule has 0 N–H and O–H groups in total. The molecular weight excluding hydrogens is 318 g/mol. The highest BCUT2D eigenvalue weighted by Gasteiger charge is 2.33. The molecule has 1 aromatic carbocycles. The average molecular weight is 354 g/mol. The number of nitrogens with zero attached hydrogens (tertiary/aromatic N) is 1. The van der Waals surface area contributed by atoms with Gasteiger partial charge in [0, 0.05) is 0 Å². The number of benzene rings is 1. The van der Waals surface area contributed by atoms with Gasteiger partial charge in [-0.05, 0) is 50.3 Å². The standard InChI is InChI=1S/C17H35NOSi3/c1-20(2,3)18(21(4,5)6)15-14-16-10-12-17(13-11-16)19-22(7,8)9/h10-13H,14-15H2,1-9H3. The number of hydrogen-bond acceptors (Lipinski definition) is 2. The molecule has 5 heteroatoms. The normalized spacial score (nSPS) is 13.5. The van der Waals surface area contributed by atoms with E-state index in [1.807, 2.05) is 0 Å². The molecule has 0 aliphatic rings. The molecule has 0 saturated heterocycles. The van der Waals surface area contributed by atoms with Crippen LogP contribution >= 0.6 is 0 Å². The SMILES string of the molecule is C[Si](C)(C)Oc1ccc(CCN([Si](C)(C)C)[Si](C)(C)C)cc1. The van der Waals surface area contributed by atoms with Crippen LogP contribution in [0.15, 0.2) is 24.3 Å². The van der Waals surface area contributed by atoms with Gasteiger partial charge in [-0.15, -0.1) is 0 Å². The minimum atomic E-state index is -1.50. The lowest BCUT2D eigenvalue weighted by Gasteiger charge is -2.43. The van der Waals surface area contributed by atoms with Crippen molar-refractivity contribution in [2.24, 2.45) is 0 Å². The summed E-state index contributed by atoms with van der Waals surface area (Å²) in [6.07, 6.45) is 1.14. The Hall–Kier alpha value is -0.369. The van der Waals surface area contributed by atoms with Crippen molar-refractivity contribution in [3.63, 3.8) is 0 Å². The molecule has 0 spiro atoms. The van der Waals surface area contributed by atoms with Gasteiger partial charge in [0.1, 0.15) is 22.2 Å². The molecule has 0 amide bonds. The maximum atomic E-state index is 6.03. The minimum absolute atomic E-state index is 1.02. The summed E-state index contributed by atoms with van der Waals surface area (Å²) in [5.74, 6) is 1.02. The van der Waals surface area contributed by atoms with Crippen molar-refractivity contribution in [2.45, 2.75) is 65.3 Å². The third-order valence-corrected chi connectivity index (χ3v) is 12.2. The second-order valence-corrected chi connectivity index (χ2v) is 23.7. The van der Waals surface area contributed by atoms with Crippen LogP contribution in [0.2, 0.25) is 58.9 Å². The Morgan fingerprint density at radius 2 is 1.23 bits per heavy atom. The zero-order valence-corrected chi connectivity index (χ0v) is 19.1. The van der Waals surface area contributed by atoms with Gasteiger partial charge in [0.25, 0.3) is 0 Å². The van der Waals surface area contributed by atoms with Gasteiger partial charge in [-0.3, -0.25) is 0 Å². The predicted octanol–water partition coefficient (Wildman–Crippen LogP) is 5.41. The molecule has 0 heterocycles. The van der Waals surface area contributed by atoms with Crippen LogP contribution in [0.3, 0.4) is 0 Å². The van der Waals surface area contributed by atoms with Gasteiger partial charge in [0.05, 0.1) is 0 Å². The van der Waals surface area contributed by atoms with Crippen LogP contribution in [0.4, 0.5) is 0 Å². The summed E-state index contributed by atoms with van der Waals surface area (Å²) < 4.78 is 8.89. The number of hydrogen-bond donors (Lipinski definition) is 0. The number of rotatable bonds is 7. The molecule has 0 aromatic heterocycles. The second kappa shape index (κ2) is 7.03. The summed E-state index contributed by atoms with van der Waals surface area (Å²) >= 11 is 0. The van der Waals surface area contributed by atoms with Gasteiger partial charge >= 0.3 is 0 Å². The van der Waals surface area contributed by atoms with Crippen molar-refractivity contribution in [1.29, 1.82) is 0 Å². The predicted molar refractivity (Wildman–Crippen MR) is 108 cm³/mol. The third-order valence-electron chi connectivity index (χ3n) is 3.59. The van der Waals surface area contributed by atoms with Crippen LogP contribution in [0.1, 0.15) is 5.56 Å². The Kier molecular flexibility index (Phi) is 6.29. The van der Waals surface area contributed by atoms with E-state index in [2.05, 4.69) is 87.4 Å². The summed E-state index contributed by atoms with van der Waals surface area (Å²) in [5, 5.41) is 0. The summed E-state index contributed by atoms with van der Waals surface area (Å²) in [4.78, 5) is 0. The fourth-order valence-electron chi connectivity index (χ4n) is 3.00. The largest absolute Gasteiger partial charge is 0.544 e. The van der Waals surface area contributed by atoms with Gasteiger partial charge in [-0.2, -0.15) is 0 Å². The van der Waals surface area contributed by atoms with Gasteiger partial charge < -0.3 is 8.66 Å². The van der Waals surface area contributed by atoms with E-state index in [1.54, 1.807) is 0 Å². The molecule has 0 aliphatic carbocycles. The molecule has 1 rings (SSSR count).